The molecule has 0 unspecified atom stereocenters. The molecule has 0 aliphatic carbocycles. The normalized spacial score (nSPS) is 13.9. The van der Waals surface area contributed by atoms with E-state index in [0.29, 0.717) is 5.75 Å². The molecule has 0 saturated heterocycles. The first kappa shape index (κ1) is 19.4. The van der Waals surface area contributed by atoms with Crippen molar-refractivity contribution in [2.24, 2.45) is 4.40 Å². The molecule has 0 heterocycles. The third-order valence-corrected chi connectivity index (χ3v) is 4.06. The monoisotopic (exact) mass is 343 g/mol. The Morgan fingerprint density at radius 2 is 1.96 bits per heavy atom. The molecule has 0 aliphatic rings. The zero-order valence-electron chi connectivity index (χ0n) is 14.2. The van der Waals surface area contributed by atoms with Gasteiger partial charge in [-0.15, -0.1) is 0 Å². The number of ether oxygens (including phenoxy) is 2. The van der Waals surface area contributed by atoms with Crippen LogP contribution in [0.25, 0.3) is 0 Å². The molecule has 0 amide bonds. The minimum atomic E-state index is -1.73. The Labute approximate surface area is 139 Å². The highest BCUT2D eigenvalue weighted by Crippen LogP contribution is 2.22. The Hall–Kier alpha value is -1.60. The molecule has 7 heteroatoms. The van der Waals surface area contributed by atoms with Gasteiger partial charge in [0.1, 0.15) is 27.7 Å². The molecule has 1 atom stereocenters. The predicted octanol–water partition coefficient (Wildman–Crippen LogP) is 3.04. The molecule has 0 aromatic heterocycles. The topological polar surface area (TPSA) is 71.0 Å². The van der Waals surface area contributed by atoms with E-state index in [1.807, 2.05) is 0 Å². The summed E-state index contributed by atoms with van der Waals surface area (Å²) in [7, 11) is 1.41. The highest BCUT2D eigenvalue weighted by molar-refractivity contribution is 7.91. The molecule has 0 N–H and O–H groups in total. The molecule has 1 aromatic carbocycles. The second-order valence-electron chi connectivity index (χ2n) is 6.10. The Morgan fingerprint density at radius 3 is 2.39 bits per heavy atom. The van der Waals surface area contributed by atoms with Crippen LogP contribution in [0.3, 0.4) is 0 Å². The van der Waals surface area contributed by atoms with Crippen molar-refractivity contribution in [2.45, 2.75) is 45.5 Å². The summed E-state index contributed by atoms with van der Waals surface area (Å²) in [5.41, 5.74) is -0.374. The van der Waals surface area contributed by atoms with Crippen molar-refractivity contribution in [3.63, 3.8) is 0 Å². The fourth-order valence-corrected chi connectivity index (χ4v) is 2.11. The van der Waals surface area contributed by atoms with Gasteiger partial charge in [0.2, 0.25) is 5.71 Å². The molecule has 0 radical (unpaired) electrons. The smallest absolute Gasteiger partial charge is 0.362 e. The van der Waals surface area contributed by atoms with E-state index in [9.17, 15) is 13.7 Å². The molecule has 128 valence electrons. The third kappa shape index (κ3) is 5.51. The van der Waals surface area contributed by atoms with Crippen LogP contribution in [-0.4, -0.2) is 34.2 Å². The molecule has 1 rings (SSSR count). The molecule has 0 aliphatic heterocycles. The zero-order chi connectivity index (χ0) is 17.8. The van der Waals surface area contributed by atoms with Crippen molar-refractivity contribution >= 4 is 23.0 Å². The van der Waals surface area contributed by atoms with Gasteiger partial charge in [-0.1, -0.05) is 4.40 Å². The maximum absolute atomic E-state index is 14.3. The fraction of sp³-hybridized carbons (Fsp3) is 0.500. The standard InChI is InChI=1S/C16H22FNO4S/c1-10(2)22-15(19)14(18-23(20)16(3,4)5)12-8-7-11(21-6)9-13(12)17/h7-10H,1-6H3/t23-/m0/s1. The number of carbonyl (C=O) groups excluding carboxylic acids is 1. The van der Waals surface area contributed by atoms with E-state index in [0.717, 1.165) is 6.07 Å². The summed E-state index contributed by atoms with van der Waals surface area (Å²) in [6.45, 7) is 8.47. The van der Waals surface area contributed by atoms with E-state index in [2.05, 4.69) is 4.40 Å². The summed E-state index contributed by atoms with van der Waals surface area (Å²) in [4.78, 5) is 12.2. The van der Waals surface area contributed by atoms with Crippen LogP contribution in [0.4, 0.5) is 4.39 Å². The minimum Gasteiger partial charge on any atom is -0.591 e. The second-order valence-corrected chi connectivity index (χ2v) is 8.01. The number of hydrogen-bond donors (Lipinski definition) is 0. The van der Waals surface area contributed by atoms with Gasteiger partial charge in [-0.05, 0) is 46.8 Å². The summed E-state index contributed by atoms with van der Waals surface area (Å²) in [5, 5.41) is 0. The van der Waals surface area contributed by atoms with Gasteiger partial charge in [0.25, 0.3) is 0 Å². The maximum atomic E-state index is 14.3. The first-order valence-electron chi connectivity index (χ1n) is 7.12. The number of carbonyl (C=O) groups is 1. The van der Waals surface area contributed by atoms with Gasteiger partial charge < -0.3 is 14.0 Å². The van der Waals surface area contributed by atoms with Crippen LogP contribution >= 0.6 is 0 Å². The average molecular weight is 343 g/mol. The summed E-state index contributed by atoms with van der Waals surface area (Å²) >= 11 is -1.73. The van der Waals surface area contributed by atoms with Crippen LogP contribution in [0, 0.1) is 5.82 Å². The first-order valence-corrected chi connectivity index (χ1v) is 8.22. The number of nitrogens with zero attached hydrogens (tertiary/aromatic N) is 1. The van der Waals surface area contributed by atoms with E-state index in [-0.39, 0.29) is 11.3 Å². The van der Waals surface area contributed by atoms with Gasteiger partial charge in [0, 0.05) is 11.6 Å². The van der Waals surface area contributed by atoms with Crippen LogP contribution in [0.1, 0.15) is 40.2 Å². The molecule has 0 spiro atoms. The van der Waals surface area contributed by atoms with Crippen molar-refractivity contribution in [2.75, 3.05) is 7.11 Å². The van der Waals surface area contributed by atoms with E-state index in [4.69, 9.17) is 9.47 Å². The number of benzene rings is 1. The summed E-state index contributed by atoms with van der Waals surface area (Å²) < 4.78 is 39.8. The van der Waals surface area contributed by atoms with Crippen LogP contribution in [0.2, 0.25) is 0 Å². The van der Waals surface area contributed by atoms with Gasteiger partial charge in [-0.25, -0.2) is 9.18 Å². The van der Waals surface area contributed by atoms with Crippen LogP contribution < -0.4 is 4.74 Å². The van der Waals surface area contributed by atoms with E-state index in [1.165, 1.54) is 19.2 Å². The second kappa shape index (κ2) is 7.79. The molecular formula is C16H22FNO4S. The predicted molar refractivity (Wildman–Crippen MR) is 88.6 cm³/mol. The minimum absolute atomic E-state index is 0.0750. The zero-order valence-corrected chi connectivity index (χ0v) is 15.0. The molecule has 0 saturated carbocycles. The lowest BCUT2D eigenvalue weighted by Gasteiger charge is -2.19. The van der Waals surface area contributed by atoms with Gasteiger partial charge >= 0.3 is 5.97 Å². The lowest BCUT2D eigenvalue weighted by Crippen LogP contribution is -2.30. The van der Waals surface area contributed by atoms with Crippen LogP contribution in [-0.2, 0) is 20.9 Å². The molecule has 0 bridgehead atoms. The Morgan fingerprint density at radius 1 is 1.35 bits per heavy atom. The molecule has 5 nitrogen and oxygen atoms in total. The van der Waals surface area contributed by atoms with Gasteiger partial charge in [-0.2, -0.15) is 0 Å². The Balaban J connectivity index is 3.35. The lowest BCUT2D eigenvalue weighted by atomic mass is 10.1. The van der Waals surface area contributed by atoms with Gasteiger partial charge in [0.15, 0.2) is 0 Å². The molecule has 1 aromatic rings. The maximum Gasteiger partial charge on any atom is 0.362 e. The highest BCUT2D eigenvalue weighted by Gasteiger charge is 2.31. The van der Waals surface area contributed by atoms with Crippen LogP contribution in [0.5, 0.6) is 5.75 Å². The van der Waals surface area contributed by atoms with Crippen molar-refractivity contribution in [3.8, 4) is 5.75 Å². The van der Waals surface area contributed by atoms with Crippen LogP contribution in [0.15, 0.2) is 22.6 Å². The Bertz CT molecular complexity index is 596. The number of halogens is 1. The summed E-state index contributed by atoms with van der Waals surface area (Å²) in [6, 6.07) is 3.98. The van der Waals surface area contributed by atoms with E-state index in [1.54, 1.807) is 34.6 Å². The SMILES string of the molecule is COc1ccc(C(=N[S@@+]([O-])C(C)(C)C)C(=O)OC(C)C)c(F)c1. The summed E-state index contributed by atoms with van der Waals surface area (Å²) in [5.74, 6) is -1.21. The Kier molecular flexibility index (Phi) is 6.58. The lowest BCUT2D eigenvalue weighted by molar-refractivity contribution is -0.138. The largest absolute Gasteiger partial charge is 0.591 e. The molecule has 0 fully saturated rings. The van der Waals surface area contributed by atoms with E-state index < -0.39 is 34.0 Å². The van der Waals surface area contributed by atoms with E-state index >= 15 is 0 Å². The van der Waals surface area contributed by atoms with Crippen molar-refractivity contribution in [1.82, 2.24) is 0 Å². The fourth-order valence-electron chi connectivity index (χ4n) is 1.50. The summed E-state index contributed by atoms with van der Waals surface area (Å²) in [6.07, 6.45) is -0.405. The quantitative estimate of drug-likeness (QED) is 0.468. The number of esters is 1. The number of hydrogen-bond acceptors (Lipinski definition) is 5. The van der Waals surface area contributed by atoms with Crippen molar-refractivity contribution in [1.29, 1.82) is 0 Å². The first-order chi connectivity index (χ1) is 10.6. The van der Waals surface area contributed by atoms with Gasteiger partial charge in [0.05, 0.1) is 13.2 Å². The van der Waals surface area contributed by atoms with Gasteiger partial charge in [-0.3, -0.25) is 0 Å². The molecular weight excluding hydrogens is 321 g/mol. The third-order valence-electron chi connectivity index (χ3n) is 2.67. The van der Waals surface area contributed by atoms with Crippen molar-refractivity contribution in [3.05, 3.63) is 29.6 Å². The number of rotatable bonds is 5. The van der Waals surface area contributed by atoms with Crippen molar-refractivity contribution < 1.29 is 23.2 Å². The highest BCUT2D eigenvalue weighted by atomic mass is 32.2. The number of methoxy groups -OCH3 is 1. The molecule has 23 heavy (non-hydrogen) atoms. The average Bonchev–Trinajstić information content (AvgIpc) is 2.42.